The molecule has 0 radical (unpaired) electrons. The van der Waals surface area contributed by atoms with Crippen LogP contribution in [-0.4, -0.2) is 114 Å². The normalized spacial score (nSPS) is 26.2. The summed E-state index contributed by atoms with van der Waals surface area (Å²) in [6, 6.07) is 0. The van der Waals surface area contributed by atoms with Gasteiger partial charge in [0, 0.05) is 12.8 Å². The summed E-state index contributed by atoms with van der Waals surface area (Å²) in [7, 11) is -16.5. The Hall–Kier alpha value is -0.890. The lowest BCUT2D eigenvalue weighted by Gasteiger charge is -2.44. The number of aliphatic hydroxyl groups excluding tert-OH is 3. The Kier molecular flexibility index (Phi) is 18.6. The van der Waals surface area contributed by atoms with Gasteiger partial charge in [0.2, 0.25) is 0 Å². The standard InChI is InChI=1S/C22H44NO19P3/c1-2-3-4-6-10-16(25)39-14(12-37-15(24)9-7-5-8-11-23)13-38-45(35,36)42-20-17(26)18(27)21(40-43(29,30)31)22(19(20)28)41-44(32,33)34/h14,17-22,26-28H,2-13,23H2,1H3,(H,35,36)(H2,29,30,31)(H2,32,33,34)/t14?,17-,18+,19+,20-,21-,22-/m1/s1. The quantitative estimate of drug-likeness (QED) is 0.0386. The second kappa shape index (κ2) is 19.8. The lowest BCUT2D eigenvalue weighted by molar-refractivity contribution is -0.213. The van der Waals surface area contributed by atoms with Gasteiger partial charge in [0.15, 0.2) is 6.10 Å². The van der Waals surface area contributed by atoms with Gasteiger partial charge in [-0.05, 0) is 25.8 Å². The Morgan fingerprint density at radius 3 is 1.73 bits per heavy atom. The molecule has 0 aromatic rings. The molecule has 8 atom stereocenters. The van der Waals surface area contributed by atoms with Crippen LogP contribution in [0.5, 0.6) is 0 Å². The van der Waals surface area contributed by atoms with Crippen LogP contribution >= 0.6 is 23.5 Å². The molecule has 0 amide bonds. The van der Waals surface area contributed by atoms with Crippen molar-refractivity contribution in [1.82, 2.24) is 0 Å². The summed E-state index contributed by atoms with van der Waals surface area (Å²) in [4.78, 5) is 71.2. The van der Waals surface area contributed by atoms with Gasteiger partial charge in [-0.3, -0.25) is 27.7 Å². The Morgan fingerprint density at radius 2 is 1.20 bits per heavy atom. The van der Waals surface area contributed by atoms with Gasteiger partial charge in [0.05, 0.1) is 6.61 Å². The minimum Gasteiger partial charge on any atom is -0.462 e. The fraction of sp³-hybridized carbons (Fsp3) is 0.909. The number of carbonyl (C=O) groups is 2. The average molecular weight is 720 g/mol. The van der Waals surface area contributed by atoms with Gasteiger partial charge in [-0.2, -0.15) is 0 Å². The highest BCUT2D eigenvalue weighted by Gasteiger charge is 2.56. The number of nitrogens with two attached hydrogens (primary N) is 1. The average Bonchev–Trinajstić information content (AvgIpc) is 2.92. The lowest BCUT2D eigenvalue weighted by Crippen LogP contribution is -2.65. The molecule has 1 aliphatic rings. The maximum Gasteiger partial charge on any atom is 0.472 e. The van der Waals surface area contributed by atoms with Crippen LogP contribution in [0.1, 0.15) is 64.7 Å². The van der Waals surface area contributed by atoms with E-state index in [0.717, 1.165) is 19.3 Å². The molecule has 0 aromatic carbocycles. The Bertz CT molecular complexity index is 1050. The second-order valence-corrected chi connectivity index (χ2v) is 13.9. The number of carbonyl (C=O) groups excluding carboxylic acids is 2. The van der Waals surface area contributed by atoms with Crippen molar-refractivity contribution in [2.45, 2.75) is 107 Å². The van der Waals surface area contributed by atoms with Gasteiger partial charge in [0.25, 0.3) is 0 Å². The summed E-state index contributed by atoms with van der Waals surface area (Å²) in [5.41, 5.74) is 5.41. The van der Waals surface area contributed by atoms with Crippen molar-refractivity contribution in [2.75, 3.05) is 19.8 Å². The van der Waals surface area contributed by atoms with Crippen LogP contribution in [0.3, 0.4) is 0 Å². The van der Waals surface area contributed by atoms with Crippen LogP contribution in [0, 0.1) is 0 Å². The fourth-order valence-corrected chi connectivity index (χ4v) is 6.22. The maximum absolute atomic E-state index is 12.8. The van der Waals surface area contributed by atoms with E-state index in [1.807, 2.05) is 6.92 Å². The minimum absolute atomic E-state index is 0.0184. The summed E-state index contributed by atoms with van der Waals surface area (Å²) in [6.07, 6.45) is -11.6. The van der Waals surface area contributed by atoms with Gasteiger partial charge < -0.3 is 55.0 Å². The van der Waals surface area contributed by atoms with Crippen LogP contribution in [0.25, 0.3) is 0 Å². The van der Waals surface area contributed by atoms with Crippen molar-refractivity contribution in [3.63, 3.8) is 0 Å². The first-order valence-corrected chi connectivity index (χ1v) is 18.6. The first kappa shape index (κ1) is 42.1. The topological polar surface area (TPSA) is 329 Å². The molecule has 0 heterocycles. The number of esters is 2. The number of ether oxygens (including phenoxy) is 2. The first-order chi connectivity index (χ1) is 20.8. The molecule has 10 N–H and O–H groups in total. The molecule has 45 heavy (non-hydrogen) atoms. The molecule has 2 unspecified atom stereocenters. The highest BCUT2D eigenvalue weighted by atomic mass is 31.2. The van der Waals surface area contributed by atoms with E-state index in [1.54, 1.807) is 0 Å². The molecule has 1 rings (SSSR count). The van der Waals surface area contributed by atoms with Gasteiger partial charge in [-0.15, -0.1) is 0 Å². The van der Waals surface area contributed by atoms with Crippen LogP contribution in [0.4, 0.5) is 0 Å². The van der Waals surface area contributed by atoms with Gasteiger partial charge in [0.1, 0.15) is 43.2 Å². The van der Waals surface area contributed by atoms with E-state index in [0.29, 0.717) is 32.2 Å². The number of hydrogen-bond acceptors (Lipinski definition) is 15. The molecule has 23 heteroatoms. The van der Waals surface area contributed by atoms with Gasteiger partial charge in [-0.1, -0.05) is 32.6 Å². The zero-order chi connectivity index (χ0) is 34.4. The van der Waals surface area contributed by atoms with E-state index in [2.05, 4.69) is 9.05 Å². The predicted molar refractivity (Wildman–Crippen MR) is 150 cm³/mol. The summed E-state index contributed by atoms with van der Waals surface area (Å²) in [6.45, 7) is 0.891. The predicted octanol–water partition coefficient (Wildman–Crippen LogP) is -0.515. The summed E-state index contributed by atoms with van der Waals surface area (Å²) < 4.78 is 63.8. The van der Waals surface area contributed by atoms with Crippen LogP contribution in [0.2, 0.25) is 0 Å². The number of hydrogen-bond donors (Lipinski definition) is 9. The lowest BCUT2D eigenvalue weighted by atomic mass is 9.85. The molecule has 1 aliphatic carbocycles. The van der Waals surface area contributed by atoms with Crippen LogP contribution in [-0.2, 0) is 50.9 Å². The molecule has 266 valence electrons. The summed E-state index contributed by atoms with van der Waals surface area (Å²) in [5, 5.41) is 31.3. The third-order valence-electron chi connectivity index (χ3n) is 6.26. The molecule has 1 saturated carbocycles. The minimum atomic E-state index is -5.58. The Morgan fingerprint density at radius 1 is 0.689 bits per heavy atom. The van der Waals surface area contributed by atoms with E-state index >= 15 is 0 Å². The van der Waals surface area contributed by atoms with Crippen molar-refractivity contribution >= 4 is 35.4 Å². The van der Waals surface area contributed by atoms with E-state index in [1.165, 1.54) is 0 Å². The Labute approximate surface area is 259 Å². The fourth-order valence-electron chi connectivity index (χ4n) is 4.12. The zero-order valence-electron chi connectivity index (χ0n) is 24.5. The number of phosphoric acid groups is 3. The van der Waals surface area contributed by atoms with Crippen molar-refractivity contribution in [3.8, 4) is 0 Å². The van der Waals surface area contributed by atoms with Crippen LogP contribution < -0.4 is 5.73 Å². The number of aliphatic hydroxyl groups is 3. The Balaban J connectivity index is 3.01. The van der Waals surface area contributed by atoms with E-state index in [9.17, 15) is 43.5 Å². The van der Waals surface area contributed by atoms with Crippen molar-refractivity contribution in [1.29, 1.82) is 0 Å². The number of unbranched alkanes of at least 4 members (excludes halogenated alkanes) is 5. The first-order valence-electron chi connectivity index (χ1n) is 14.0. The summed E-state index contributed by atoms with van der Waals surface area (Å²) >= 11 is 0. The molecular weight excluding hydrogens is 675 g/mol. The molecular formula is C22H44NO19P3. The monoisotopic (exact) mass is 719 g/mol. The molecule has 1 fully saturated rings. The highest BCUT2D eigenvalue weighted by molar-refractivity contribution is 7.47. The third kappa shape index (κ3) is 17.2. The number of rotatable bonds is 22. The van der Waals surface area contributed by atoms with Gasteiger partial charge >= 0.3 is 35.4 Å². The summed E-state index contributed by atoms with van der Waals surface area (Å²) in [5.74, 6) is -1.40. The van der Waals surface area contributed by atoms with Crippen molar-refractivity contribution in [2.24, 2.45) is 5.73 Å². The molecule has 0 spiro atoms. The molecule has 0 bridgehead atoms. The molecule has 0 aliphatic heterocycles. The number of phosphoric ester groups is 3. The largest absolute Gasteiger partial charge is 0.472 e. The van der Waals surface area contributed by atoms with E-state index in [-0.39, 0.29) is 12.8 Å². The highest BCUT2D eigenvalue weighted by Crippen LogP contribution is 2.51. The zero-order valence-corrected chi connectivity index (χ0v) is 27.2. The maximum atomic E-state index is 12.8. The van der Waals surface area contributed by atoms with Crippen molar-refractivity contribution < 1.29 is 90.6 Å². The second-order valence-electron chi connectivity index (χ2n) is 10.1. The SMILES string of the molecule is CCCCCCC(=O)OC(COC(=O)CCCCCN)COP(=O)(O)O[C@@H]1[C@H](O)[C@H](O)[C@@H](OP(=O)(O)O)[C@H](OP(=O)(O)O)[C@H]1O. The van der Waals surface area contributed by atoms with Gasteiger partial charge in [-0.25, -0.2) is 13.7 Å². The van der Waals surface area contributed by atoms with Crippen molar-refractivity contribution in [3.05, 3.63) is 0 Å². The van der Waals surface area contributed by atoms with Crippen LogP contribution in [0.15, 0.2) is 0 Å². The molecule has 0 saturated heterocycles. The molecule has 0 aromatic heterocycles. The smallest absolute Gasteiger partial charge is 0.462 e. The third-order valence-corrected chi connectivity index (χ3v) is 8.29. The molecule has 20 nitrogen and oxygen atoms in total. The van der Waals surface area contributed by atoms with E-state index < -0.39 is 91.3 Å². The van der Waals surface area contributed by atoms with E-state index in [4.69, 9.17) is 43.8 Å².